The van der Waals surface area contributed by atoms with E-state index in [0.29, 0.717) is 17.2 Å². The second-order valence-corrected chi connectivity index (χ2v) is 7.08. The smallest absolute Gasteiger partial charge is 0.267 e. The summed E-state index contributed by atoms with van der Waals surface area (Å²) in [4.78, 5) is 15.7. The summed E-state index contributed by atoms with van der Waals surface area (Å²) in [5, 5.41) is 16.5. The average Bonchev–Trinajstić information content (AvgIpc) is 3.16. The third kappa shape index (κ3) is 3.86. The van der Waals surface area contributed by atoms with E-state index in [1.165, 1.54) is 0 Å². The number of amides is 1. The maximum Gasteiger partial charge on any atom is 0.267 e. The molecule has 5 heteroatoms. The van der Waals surface area contributed by atoms with Crippen LogP contribution >= 0.6 is 0 Å². The number of hydrogen-bond acceptors (Lipinski definition) is 3. The van der Waals surface area contributed by atoms with Gasteiger partial charge < -0.3 is 15.6 Å². The molecular weight excluding hydrogens is 336 g/mol. The highest BCUT2D eigenvalue weighted by Crippen LogP contribution is 2.25. The van der Waals surface area contributed by atoms with E-state index in [-0.39, 0.29) is 5.91 Å². The quantitative estimate of drug-likeness (QED) is 0.668. The Labute approximate surface area is 158 Å². The molecule has 1 aromatic heterocycles. The van der Waals surface area contributed by atoms with Crippen molar-refractivity contribution in [1.82, 2.24) is 15.6 Å². The summed E-state index contributed by atoms with van der Waals surface area (Å²) < 4.78 is 0. The van der Waals surface area contributed by atoms with E-state index in [1.54, 1.807) is 6.07 Å². The van der Waals surface area contributed by atoms with Gasteiger partial charge in [-0.1, -0.05) is 18.2 Å². The van der Waals surface area contributed by atoms with Gasteiger partial charge in [0, 0.05) is 17.4 Å². The molecule has 0 spiro atoms. The number of nitriles is 1. The summed E-state index contributed by atoms with van der Waals surface area (Å²) in [5.41, 5.74) is 4.18. The van der Waals surface area contributed by atoms with E-state index in [2.05, 4.69) is 21.7 Å². The average molecular weight is 358 g/mol. The molecule has 0 radical (unpaired) electrons. The van der Waals surface area contributed by atoms with Crippen LogP contribution in [0.3, 0.4) is 0 Å². The zero-order valence-electron chi connectivity index (χ0n) is 15.1. The number of nitrogens with zero attached hydrogens (tertiary/aromatic N) is 1. The normalized spacial score (nSPS) is 14.8. The van der Waals surface area contributed by atoms with Gasteiger partial charge in [0.1, 0.15) is 5.69 Å². The molecule has 4 rings (SSSR count). The third-order valence-electron chi connectivity index (χ3n) is 5.20. The molecule has 27 heavy (non-hydrogen) atoms. The molecule has 1 aliphatic rings. The van der Waals surface area contributed by atoms with Gasteiger partial charge in [-0.2, -0.15) is 5.26 Å². The minimum absolute atomic E-state index is 0.0576. The fourth-order valence-electron chi connectivity index (χ4n) is 3.62. The van der Waals surface area contributed by atoms with Gasteiger partial charge in [0.2, 0.25) is 0 Å². The molecule has 0 unspecified atom stereocenters. The number of aromatic nitrogens is 1. The zero-order valence-corrected chi connectivity index (χ0v) is 15.1. The minimum Gasteiger partial charge on any atom is -0.351 e. The SMILES string of the molecule is N#Cc1cccc(-c2ccc3[nH]c(C(=O)NCC4CCNCC4)cc3c2)c1. The van der Waals surface area contributed by atoms with E-state index >= 15 is 0 Å². The van der Waals surface area contributed by atoms with Crippen LogP contribution < -0.4 is 10.6 Å². The number of carbonyl (C=O) groups excluding carboxylic acids is 1. The minimum atomic E-state index is -0.0576. The largest absolute Gasteiger partial charge is 0.351 e. The molecule has 1 amide bonds. The fourth-order valence-corrected chi connectivity index (χ4v) is 3.62. The molecule has 5 nitrogen and oxygen atoms in total. The van der Waals surface area contributed by atoms with Gasteiger partial charge >= 0.3 is 0 Å². The molecule has 1 aliphatic heterocycles. The highest BCUT2D eigenvalue weighted by molar-refractivity contribution is 5.98. The predicted octanol–water partition coefficient (Wildman–Crippen LogP) is 3.44. The Bertz CT molecular complexity index is 1010. The molecule has 2 heterocycles. The number of rotatable bonds is 4. The fraction of sp³-hybridized carbons (Fsp3) is 0.273. The molecular formula is C22H22N4O. The second kappa shape index (κ2) is 7.65. The van der Waals surface area contributed by atoms with Crippen LogP contribution in [0.1, 0.15) is 28.9 Å². The second-order valence-electron chi connectivity index (χ2n) is 7.08. The Morgan fingerprint density at radius 2 is 1.93 bits per heavy atom. The van der Waals surface area contributed by atoms with Crippen molar-refractivity contribution in [3.05, 3.63) is 59.8 Å². The van der Waals surface area contributed by atoms with Gasteiger partial charge in [-0.25, -0.2) is 0 Å². The summed E-state index contributed by atoms with van der Waals surface area (Å²) in [7, 11) is 0. The van der Waals surface area contributed by atoms with Crippen molar-refractivity contribution in [3.8, 4) is 17.2 Å². The van der Waals surface area contributed by atoms with Gasteiger partial charge in [-0.15, -0.1) is 0 Å². The summed E-state index contributed by atoms with van der Waals surface area (Å²) in [6.45, 7) is 2.79. The Balaban J connectivity index is 1.51. The Morgan fingerprint density at radius 3 is 2.74 bits per heavy atom. The number of piperidine rings is 1. The van der Waals surface area contributed by atoms with Gasteiger partial charge in [0.15, 0.2) is 0 Å². The molecule has 0 saturated carbocycles. The van der Waals surface area contributed by atoms with Crippen LogP contribution in [0.15, 0.2) is 48.5 Å². The lowest BCUT2D eigenvalue weighted by Crippen LogP contribution is -2.36. The zero-order chi connectivity index (χ0) is 18.6. The first-order valence-electron chi connectivity index (χ1n) is 9.35. The standard InChI is InChI=1S/C22H22N4O/c23-13-16-2-1-3-17(10-16)18-4-5-20-19(11-18)12-21(26-20)22(27)25-14-15-6-8-24-9-7-15/h1-5,10-12,15,24,26H,6-9,14H2,(H,25,27). The van der Waals surface area contributed by atoms with Crippen LogP contribution in [-0.2, 0) is 0 Å². The molecule has 136 valence electrons. The number of aromatic amines is 1. The molecule has 3 aromatic rings. The van der Waals surface area contributed by atoms with Gasteiger partial charge in [-0.3, -0.25) is 4.79 Å². The van der Waals surface area contributed by atoms with Crippen LogP contribution in [-0.4, -0.2) is 30.5 Å². The monoisotopic (exact) mass is 358 g/mol. The summed E-state index contributed by atoms with van der Waals surface area (Å²) in [5.74, 6) is 0.497. The lowest BCUT2D eigenvalue weighted by Gasteiger charge is -2.22. The van der Waals surface area contributed by atoms with Crippen molar-refractivity contribution in [1.29, 1.82) is 5.26 Å². The molecule has 0 aliphatic carbocycles. The summed E-state index contributed by atoms with van der Waals surface area (Å²) >= 11 is 0. The van der Waals surface area contributed by atoms with Crippen molar-refractivity contribution in [3.63, 3.8) is 0 Å². The predicted molar refractivity (Wildman–Crippen MR) is 106 cm³/mol. The topological polar surface area (TPSA) is 80.7 Å². The van der Waals surface area contributed by atoms with E-state index in [4.69, 9.17) is 5.26 Å². The molecule has 1 saturated heterocycles. The van der Waals surface area contributed by atoms with Crippen molar-refractivity contribution >= 4 is 16.8 Å². The highest BCUT2D eigenvalue weighted by atomic mass is 16.1. The van der Waals surface area contributed by atoms with Crippen molar-refractivity contribution < 1.29 is 4.79 Å². The Morgan fingerprint density at radius 1 is 1.11 bits per heavy atom. The van der Waals surface area contributed by atoms with Crippen LogP contribution in [0.25, 0.3) is 22.0 Å². The first-order chi connectivity index (χ1) is 13.2. The molecule has 3 N–H and O–H groups in total. The molecule has 2 aromatic carbocycles. The highest BCUT2D eigenvalue weighted by Gasteiger charge is 2.15. The number of benzene rings is 2. The molecule has 0 atom stereocenters. The van der Waals surface area contributed by atoms with Crippen LogP contribution in [0.5, 0.6) is 0 Å². The Hall–Kier alpha value is -3.10. The van der Waals surface area contributed by atoms with Crippen LogP contribution in [0, 0.1) is 17.2 Å². The maximum atomic E-state index is 12.5. The van der Waals surface area contributed by atoms with Crippen molar-refractivity contribution in [2.24, 2.45) is 5.92 Å². The summed E-state index contributed by atoms with van der Waals surface area (Å²) in [6, 6.07) is 17.6. The Kier molecular flexibility index (Phi) is 4.91. The van der Waals surface area contributed by atoms with E-state index in [0.717, 1.165) is 54.5 Å². The summed E-state index contributed by atoms with van der Waals surface area (Å²) in [6.07, 6.45) is 2.22. The van der Waals surface area contributed by atoms with E-state index in [9.17, 15) is 4.79 Å². The third-order valence-corrected chi connectivity index (χ3v) is 5.20. The van der Waals surface area contributed by atoms with Gasteiger partial charge in [0.25, 0.3) is 5.91 Å². The molecule has 0 bridgehead atoms. The van der Waals surface area contributed by atoms with E-state index in [1.807, 2.05) is 42.5 Å². The first kappa shape index (κ1) is 17.3. The number of H-pyrrole nitrogens is 1. The maximum absolute atomic E-state index is 12.5. The van der Waals surface area contributed by atoms with Gasteiger partial charge in [-0.05, 0) is 73.3 Å². The number of nitrogens with one attached hydrogen (secondary N) is 3. The molecule has 1 fully saturated rings. The van der Waals surface area contributed by atoms with Crippen LogP contribution in [0.4, 0.5) is 0 Å². The lowest BCUT2D eigenvalue weighted by atomic mass is 9.98. The number of hydrogen-bond donors (Lipinski definition) is 3. The lowest BCUT2D eigenvalue weighted by molar-refractivity contribution is 0.0940. The van der Waals surface area contributed by atoms with Gasteiger partial charge in [0.05, 0.1) is 11.6 Å². The number of fused-ring (bicyclic) bond motifs is 1. The van der Waals surface area contributed by atoms with Crippen molar-refractivity contribution in [2.75, 3.05) is 19.6 Å². The first-order valence-corrected chi connectivity index (χ1v) is 9.35. The van der Waals surface area contributed by atoms with Crippen molar-refractivity contribution in [2.45, 2.75) is 12.8 Å². The van der Waals surface area contributed by atoms with Crippen LogP contribution in [0.2, 0.25) is 0 Å². The number of carbonyl (C=O) groups is 1. The van der Waals surface area contributed by atoms with E-state index < -0.39 is 0 Å².